The van der Waals surface area contributed by atoms with Crippen LogP contribution in [0.2, 0.25) is 0 Å². The van der Waals surface area contributed by atoms with Crippen molar-refractivity contribution >= 4 is 24.1 Å². The maximum atomic E-state index is 3.96. The van der Waals surface area contributed by atoms with Gasteiger partial charge in [-0.15, -0.1) is 0 Å². The fourth-order valence-electron chi connectivity index (χ4n) is 2.76. The summed E-state index contributed by atoms with van der Waals surface area (Å²) >= 11 is 0. The van der Waals surface area contributed by atoms with Crippen LogP contribution in [0.4, 0.5) is 0 Å². The molecule has 0 aliphatic rings. The molecular formula is C22H27NP+. The Labute approximate surface area is 147 Å². The molecule has 1 nitrogen and oxygen atoms in total. The highest BCUT2D eigenvalue weighted by atomic mass is 31.2. The van der Waals surface area contributed by atoms with E-state index >= 15 is 0 Å². The largest absolute Gasteiger partial charge is 0.297 e. The van der Waals surface area contributed by atoms with Crippen molar-refractivity contribution in [2.24, 2.45) is 4.99 Å². The zero-order chi connectivity index (χ0) is 17.3. The summed E-state index contributed by atoms with van der Waals surface area (Å²) in [6.07, 6.45) is 10.4. The molecular weight excluding hydrogens is 309 g/mol. The summed E-state index contributed by atoms with van der Waals surface area (Å²) in [5, 5.41) is 2.97. The second-order valence-corrected chi connectivity index (χ2v) is 10.0. The standard InChI is InChI=1S/C22H27NP/c1-20(12-10-11-18-23-2)17-19-24(3,21-13-6-4-7-14-21)22-15-8-5-9-16-22/h4-16,18H,17,19H2,1-3H3/q+1/b11-10-,20-12+,23-18?. The molecule has 0 aromatic heterocycles. The molecule has 2 rings (SSSR count). The molecule has 0 spiro atoms. The van der Waals surface area contributed by atoms with Crippen molar-refractivity contribution < 1.29 is 0 Å². The molecule has 0 amide bonds. The lowest BCUT2D eigenvalue weighted by Crippen LogP contribution is -2.24. The molecule has 0 radical (unpaired) electrons. The average Bonchev–Trinajstić information content (AvgIpc) is 2.65. The van der Waals surface area contributed by atoms with Crippen LogP contribution in [0.25, 0.3) is 0 Å². The van der Waals surface area contributed by atoms with Gasteiger partial charge in [0, 0.05) is 19.7 Å². The minimum atomic E-state index is -1.36. The van der Waals surface area contributed by atoms with Crippen molar-refractivity contribution in [2.45, 2.75) is 13.3 Å². The van der Waals surface area contributed by atoms with Gasteiger partial charge in [-0.1, -0.05) is 54.1 Å². The Morgan fingerprint density at radius 2 is 1.46 bits per heavy atom. The van der Waals surface area contributed by atoms with Crippen LogP contribution in [0.5, 0.6) is 0 Å². The normalized spacial score (nSPS) is 13.0. The van der Waals surface area contributed by atoms with Gasteiger partial charge in [0.05, 0.1) is 30.7 Å². The number of benzene rings is 2. The van der Waals surface area contributed by atoms with E-state index in [9.17, 15) is 0 Å². The van der Waals surface area contributed by atoms with Gasteiger partial charge in [0.1, 0.15) is 0 Å². The summed E-state index contributed by atoms with van der Waals surface area (Å²) in [6.45, 7) is 4.68. The molecule has 0 aliphatic carbocycles. The van der Waals surface area contributed by atoms with E-state index in [4.69, 9.17) is 0 Å². The van der Waals surface area contributed by atoms with Crippen LogP contribution in [0.1, 0.15) is 13.3 Å². The Balaban J connectivity index is 2.22. The molecule has 0 bridgehead atoms. The van der Waals surface area contributed by atoms with Crippen LogP contribution >= 0.6 is 7.26 Å². The fourth-order valence-corrected chi connectivity index (χ4v) is 6.03. The van der Waals surface area contributed by atoms with Crippen molar-refractivity contribution in [1.29, 1.82) is 0 Å². The van der Waals surface area contributed by atoms with Crippen molar-refractivity contribution in [3.63, 3.8) is 0 Å². The predicted octanol–water partition coefficient (Wildman–Crippen LogP) is 4.88. The van der Waals surface area contributed by atoms with Crippen LogP contribution in [-0.2, 0) is 0 Å². The van der Waals surface area contributed by atoms with Gasteiger partial charge in [-0.3, -0.25) is 4.99 Å². The Hall–Kier alpha value is -1.98. The van der Waals surface area contributed by atoms with Gasteiger partial charge in [-0.05, 0) is 37.3 Å². The van der Waals surface area contributed by atoms with Gasteiger partial charge in [-0.25, -0.2) is 0 Å². The smallest absolute Gasteiger partial charge is 0.0989 e. The highest BCUT2D eigenvalue weighted by molar-refractivity contribution is 7.88. The van der Waals surface area contributed by atoms with Crippen molar-refractivity contribution in [2.75, 3.05) is 19.9 Å². The molecule has 0 heterocycles. The first kappa shape index (κ1) is 18.4. The van der Waals surface area contributed by atoms with Crippen LogP contribution in [0, 0.1) is 0 Å². The summed E-state index contributed by atoms with van der Waals surface area (Å²) in [6, 6.07) is 22.0. The quantitative estimate of drug-likeness (QED) is 0.388. The fraction of sp³-hybridized carbons (Fsp3) is 0.227. The van der Waals surface area contributed by atoms with Gasteiger partial charge in [0.2, 0.25) is 0 Å². The maximum absolute atomic E-state index is 3.96. The van der Waals surface area contributed by atoms with E-state index in [1.165, 1.54) is 22.3 Å². The Kier molecular flexibility index (Phi) is 7.15. The summed E-state index contributed by atoms with van der Waals surface area (Å²) < 4.78 is 0. The second kappa shape index (κ2) is 9.35. The third-order valence-electron chi connectivity index (χ3n) is 4.33. The maximum Gasteiger partial charge on any atom is 0.0989 e. The van der Waals surface area contributed by atoms with Gasteiger partial charge in [-0.2, -0.15) is 0 Å². The number of hydrogen-bond acceptors (Lipinski definition) is 1. The van der Waals surface area contributed by atoms with E-state index in [0.29, 0.717) is 0 Å². The third kappa shape index (κ3) is 5.01. The lowest BCUT2D eigenvalue weighted by atomic mass is 10.2. The molecule has 0 saturated carbocycles. The second-order valence-electron chi connectivity index (χ2n) is 6.14. The van der Waals surface area contributed by atoms with Crippen molar-refractivity contribution in [3.8, 4) is 0 Å². The molecule has 0 aliphatic heterocycles. The SMILES string of the molecule is CN=C/C=C\C=C(/C)CC[P+](C)(c1ccccc1)c1ccccc1. The van der Waals surface area contributed by atoms with E-state index in [0.717, 1.165) is 6.42 Å². The first-order valence-corrected chi connectivity index (χ1v) is 10.8. The van der Waals surface area contributed by atoms with Crippen molar-refractivity contribution in [1.82, 2.24) is 0 Å². The molecule has 2 aromatic rings. The number of rotatable bonds is 7. The lowest BCUT2D eigenvalue weighted by Gasteiger charge is -2.23. The van der Waals surface area contributed by atoms with E-state index in [2.05, 4.69) is 91.4 Å². The summed E-state index contributed by atoms with van der Waals surface area (Å²) in [4.78, 5) is 3.96. The molecule has 24 heavy (non-hydrogen) atoms. The summed E-state index contributed by atoms with van der Waals surface area (Å²) in [5.41, 5.74) is 1.41. The first-order valence-electron chi connectivity index (χ1n) is 8.38. The molecule has 0 atom stereocenters. The summed E-state index contributed by atoms with van der Waals surface area (Å²) in [7, 11) is 0.424. The molecule has 2 aromatic carbocycles. The third-order valence-corrected chi connectivity index (χ3v) is 8.33. The minimum absolute atomic E-state index is 1.11. The Bertz CT molecular complexity index is 660. The number of nitrogens with zero attached hydrogens (tertiary/aromatic N) is 1. The van der Waals surface area contributed by atoms with Gasteiger partial charge in [0.25, 0.3) is 0 Å². The zero-order valence-corrected chi connectivity index (χ0v) is 15.8. The highest BCUT2D eigenvalue weighted by Gasteiger charge is 2.36. The Morgan fingerprint density at radius 3 is 1.96 bits per heavy atom. The van der Waals surface area contributed by atoms with Gasteiger partial charge >= 0.3 is 0 Å². The van der Waals surface area contributed by atoms with Crippen LogP contribution < -0.4 is 10.6 Å². The summed E-state index contributed by atoms with van der Waals surface area (Å²) in [5.74, 6) is 0. The van der Waals surface area contributed by atoms with Crippen LogP contribution in [-0.4, -0.2) is 26.1 Å². The van der Waals surface area contributed by atoms with Crippen LogP contribution in [0.15, 0.2) is 89.5 Å². The molecule has 124 valence electrons. The van der Waals surface area contributed by atoms with Gasteiger partial charge < -0.3 is 0 Å². The van der Waals surface area contributed by atoms with Gasteiger partial charge in [0.15, 0.2) is 0 Å². The highest BCUT2D eigenvalue weighted by Crippen LogP contribution is 2.53. The topological polar surface area (TPSA) is 12.4 Å². The molecule has 0 N–H and O–H groups in total. The Morgan fingerprint density at radius 1 is 0.917 bits per heavy atom. The zero-order valence-electron chi connectivity index (χ0n) is 14.9. The van der Waals surface area contributed by atoms with E-state index in [1.54, 1.807) is 7.05 Å². The van der Waals surface area contributed by atoms with Crippen LogP contribution in [0.3, 0.4) is 0 Å². The first-order chi connectivity index (χ1) is 11.7. The number of aliphatic imine (C=N–C) groups is 1. The predicted molar refractivity (Wildman–Crippen MR) is 112 cm³/mol. The van der Waals surface area contributed by atoms with E-state index < -0.39 is 7.26 Å². The molecule has 0 unspecified atom stereocenters. The monoisotopic (exact) mass is 336 g/mol. The lowest BCUT2D eigenvalue weighted by molar-refractivity contribution is 1.10. The molecule has 0 saturated heterocycles. The molecule has 0 fully saturated rings. The average molecular weight is 336 g/mol. The number of hydrogen-bond donors (Lipinski definition) is 0. The van der Waals surface area contributed by atoms with E-state index in [-0.39, 0.29) is 0 Å². The van der Waals surface area contributed by atoms with Crippen molar-refractivity contribution in [3.05, 3.63) is 84.5 Å². The molecule has 2 heteroatoms. The number of allylic oxidation sites excluding steroid dienone is 4. The minimum Gasteiger partial charge on any atom is -0.297 e. The van der Waals surface area contributed by atoms with E-state index in [1.807, 2.05) is 12.3 Å².